The lowest BCUT2D eigenvalue weighted by Crippen LogP contribution is -2.16. The van der Waals surface area contributed by atoms with Crippen LogP contribution >= 0.6 is 0 Å². The summed E-state index contributed by atoms with van der Waals surface area (Å²) in [5.74, 6) is 0.973. The van der Waals surface area contributed by atoms with Crippen LogP contribution < -0.4 is 0 Å². The van der Waals surface area contributed by atoms with Crippen LogP contribution in [0.15, 0.2) is 11.8 Å². The largest absolute Gasteiger partial charge is 0.502 e. The van der Waals surface area contributed by atoms with Gasteiger partial charge in [-0.1, -0.05) is 39.5 Å². The molecule has 0 aliphatic carbocycles. The standard InChI is InChI=1S/C18H36O3/c1-16(21-4)11-7-5-8-12-17(20)13-9-6-10-14-18(2,3)15-19/h11,17,19-20H,5-10,12-15H2,1-4H3/b16-11-. The first-order chi connectivity index (χ1) is 9.91. The number of methoxy groups -OCH3 is 1. The molecule has 0 bridgehead atoms. The molecule has 0 heterocycles. The minimum Gasteiger partial charge on any atom is -0.502 e. The third-order valence-electron chi connectivity index (χ3n) is 4.06. The summed E-state index contributed by atoms with van der Waals surface area (Å²) in [5, 5.41) is 19.1. The second-order valence-electron chi connectivity index (χ2n) is 6.88. The van der Waals surface area contributed by atoms with Gasteiger partial charge in [0.05, 0.1) is 19.0 Å². The minimum absolute atomic E-state index is 0.0481. The molecule has 0 fully saturated rings. The average Bonchev–Trinajstić information content (AvgIpc) is 2.46. The van der Waals surface area contributed by atoms with Crippen LogP contribution in [0, 0.1) is 5.41 Å². The molecule has 126 valence electrons. The molecule has 0 aromatic heterocycles. The van der Waals surface area contributed by atoms with Crippen molar-refractivity contribution in [2.24, 2.45) is 5.41 Å². The third-order valence-corrected chi connectivity index (χ3v) is 4.06. The van der Waals surface area contributed by atoms with Crippen molar-refractivity contribution < 1.29 is 14.9 Å². The molecule has 0 spiro atoms. The molecular weight excluding hydrogens is 264 g/mol. The van der Waals surface area contributed by atoms with Crippen molar-refractivity contribution in [3.05, 3.63) is 11.8 Å². The van der Waals surface area contributed by atoms with Gasteiger partial charge < -0.3 is 14.9 Å². The molecule has 0 rings (SSSR count). The predicted molar refractivity (Wildman–Crippen MR) is 89.2 cm³/mol. The monoisotopic (exact) mass is 300 g/mol. The first-order valence-electron chi connectivity index (χ1n) is 8.41. The highest BCUT2D eigenvalue weighted by Crippen LogP contribution is 2.23. The van der Waals surface area contributed by atoms with Crippen LogP contribution in [0.4, 0.5) is 0 Å². The Hall–Kier alpha value is -0.540. The summed E-state index contributed by atoms with van der Waals surface area (Å²) >= 11 is 0. The number of unbranched alkanes of at least 4 members (excludes halogenated alkanes) is 4. The molecule has 0 saturated heterocycles. The van der Waals surface area contributed by atoms with Crippen LogP contribution in [-0.4, -0.2) is 30.0 Å². The molecule has 0 aromatic rings. The number of aliphatic hydroxyl groups excluding tert-OH is 2. The fourth-order valence-electron chi connectivity index (χ4n) is 2.30. The van der Waals surface area contributed by atoms with Crippen molar-refractivity contribution in [2.75, 3.05) is 13.7 Å². The topological polar surface area (TPSA) is 49.7 Å². The van der Waals surface area contributed by atoms with E-state index in [0.29, 0.717) is 0 Å². The van der Waals surface area contributed by atoms with Gasteiger partial charge in [-0.3, -0.25) is 0 Å². The van der Waals surface area contributed by atoms with Crippen LogP contribution in [0.1, 0.15) is 78.6 Å². The molecule has 0 aliphatic heterocycles. The zero-order valence-electron chi connectivity index (χ0n) is 14.5. The number of allylic oxidation sites excluding steroid dienone is 2. The van der Waals surface area contributed by atoms with Gasteiger partial charge in [-0.05, 0) is 50.5 Å². The zero-order valence-corrected chi connectivity index (χ0v) is 14.5. The Morgan fingerprint density at radius 2 is 1.71 bits per heavy atom. The van der Waals surface area contributed by atoms with E-state index < -0.39 is 0 Å². The van der Waals surface area contributed by atoms with E-state index >= 15 is 0 Å². The maximum atomic E-state index is 9.93. The molecule has 0 saturated carbocycles. The molecular formula is C18H36O3. The van der Waals surface area contributed by atoms with Gasteiger partial charge in [-0.25, -0.2) is 0 Å². The van der Waals surface area contributed by atoms with Gasteiger partial charge in [0.25, 0.3) is 0 Å². The predicted octanol–water partition coefficient (Wildman–Crippen LogP) is 4.43. The molecule has 3 nitrogen and oxygen atoms in total. The van der Waals surface area contributed by atoms with Gasteiger partial charge >= 0.3 is 0 Å². The average molecular weight is 300 g/mol. The number of rotatable bonds is 13. The van der Waals surface area contributed by atoms with Gasteiger partial charge in [0, 0.05) is 6.61 Å². The lowest BCUT2D eigenvalue weighted by Gasteiger charge is -2.21. The molecule has 0 aromatic carbocycles. The fourth-order valence-corrected chi connectivity index (χ4v) is 2.30. The van der Waals surface area contributed by atoms with E-state index in [2.05, 4.69) is 19.9 Å². The first kappa shape index (κ1) is 20.5. The Kier molecular flexibility index (Phi) is 11.7. The summed E-state index contributed by atoms with van der Waals surface area (Å²) in [6.07, 6.45) is 11.4. The summed E-state index contributed by atoms with van der Waals surface area (Å²) in [5.41, 5.74) is 0.0481. The van der Waals surface area contributed by atoms with Crippen LogP contribution in [0.3, 0.4) is 0 Å². The number of aliphatic hydroxyl groups is 2. The van der Waals surface area contributed by atoms with Crippen molar-refractivity contribution in [3.8, 4) is 0 Å². The lowest BCUT2D eigenvalue weighted by atomic mass is 9.88. The van der Waals surface area contributed by atoms with E-state index in [-0.39, 0.29) is 18.1 Å². The van der Waals surface area contributed by atoms with Gasteiger partial charge in [0.2, 0.25) is 0 Å². The van der Waals surface area contributed by atoms with Crippen LogP contribution in [0.25, 0.3) is 0 Å². The second kappa shape index (κ2) is 12.0. The van der Waals surface area contributed by atoms with E-state index in [4.69, 9.17) is 4.74 Å². The maximum absolute atomic E-state index is 9.93. The third kappa shape index (κ3) is 12.9. The lowest BCUT2D eigenvalue weighted by molar-refractivity contribution is 0.139. The highest BCUT2D eigenvalue weighted by Gasteiger charge is 2.15. The molecule has 3 heteroatoms. The minimum atomic E-state index is -0.150. The van der Waals surface area contributed by atoms with E-state index in [1.807, 2.05) is 6.92 Å². The summed E-state index contributed by atoms with van der Waals surface area (Å²) in [4.78, 5) is 0. The summed E-state index contributed by atoms with van der Waals surface area (Å²) in [6.45, 7) is 6.42. The summed E-state index contributed by atoms with van der Waals surface area (Å²) in [7, 11) is 1.69. The Labute approximate surface area is 131 Å². The van der Waals surface area contributed by atoms with E-state index in [1.54, 1.807) is 7.11 Å². The molecule has 1 unspecified atom stereocenters. The molecule has 21 heavy (non-hydrogen) atoms. The normalized spacial score (nSPS) is 14.3. The summed E-state index contributed by atoms with van der Waals surface area (Å²) < 4.78 is 5.08. The van der Waals surface area contributed by atoms with E-state index in [1.165, 1.54) is 0 Å². The van der Waals surface area contributed by atoms with Crippen molar-refractivity contribution in [1.29, 1.82) is 0 Å². The van der Waals surface area contributed by atoms with Crippen molar-refractivity contribution >= 4 is 0 Å². The second-order valence-corrected chi connectivity index (χ2v) is 6.88. The first-order valence-corrected chi connectivity index (χ1v) is 8.41. The van der Waals surface area contributed by atoms with Crippen molar-refractivity contribution in [2.45, 2.75) is 84.7 Å². The van der Waals surface area contributed by atoms with Gasteiger partial charge in [0.15, 0.2) is 0 Å². The Bertz CT molecular complexity index is 272. The van der Waals surface area contributed by atoms with Crippen LogP contribution in [-0.2, 0) is 4.74 Å². The Balaban J connectivity index is 3.45. The molecule has 2 N–H and O–H groups in total. The van der Waals surface area contributed by atoms with Gasteiger partial charge in [0.1, 0.15) is 0 Å². The van der Waals surface area contributed by atoms with E-state index in [9.17, 15) is 10.2 Å². The SMILES string of the molecule is CO/C(C)=C\CCCCC(O)CCCCCC(C)(C)CO. The summed E-state index contributed by atoms with van der Waals surface area (Å²) in [6, 6.07) is 0. The van der Waals surface area contributed by atoms with Crippen LogP contribution in [0.2, 0.25) is 0 Å². The van der Waals surface area contributed by atoms with Crippen LogP contribution in [0.5, 0.6) is 0 Å². The van der Waals surface area contributed by atoms with Crippen molar-refractivity contribution in [1.82, 2.24) is 0 Å². The number of hydrogen-bond donors (Lipinski definition) is 2. The molecule has 0 amide bonds. The zero-order chi connectivity index (χ0) is 16.1. The smallest absolute Gasteiger partial charge is 0.0884 e. The quantitative estimate of drug-likeness (QED) is 0.391. The molecule has 1 atom stereocenters. The highest BCUT2D eigenvalue weighted by atomic mass is 16.5. The van der Waals surface area contributed by atoms with Gasteiger partial charge in [-0.15, -0.1) is 0 Å². The maximum Gasteiger partial charge on any atom is 0.0884 e. The number of hydrogen-bond acceptors (Lipinski definition) is 3. The van der Waals surface area contributed by atoms with E-state index in [0.717, 1.165) is 63.5 Å². The van der Waals surface area contributed by atoms with Crippen molar-refractivity contribution in [3.63, 3.8) is 0 Å². The Morgan fingerprint density at radius 1 is 1.10 bits per heavy atom. The highest BCUT2D eigenvalue weighted by molar-refractivity contribution is 4.87. The Morgan fingerprint density at radius 3 is 2.29 bits per heavy atom. The number of ether oxygens (including phenoxy) is 1. The molecule has 0 aliphatic rings. The molecule has 0 radical (unpaired) electrons. The van der Waals surface area contributed by atoms with Gasteiger partial charge in [-0.2, -0.15) is 0 Å². The fraction of sp³-hybridized carbons (Fsp3) is 0.889.